The van der Waals surface area contributed by atoms with E-state index in [-0.39, 0.29) is 28.2 Å². The molecule has 0 bridgehead atoms. The van der Waals surface area contributed by atoms with E-state index in [9.17, 15) is 27.2 Å². The number of halogens is 4. The van der Waals surface area contributed by atoms with Gasteiger partial charge in [-0.15, -0.1) is 13.2 Å². The molecule has 4 aromatic rings. The van der Waals surface area contributed by atoms with Gasteiger partial charge in [-0.3, -0.25) is 14.7 Å². The van der Waals surface area contributed by atoms with Crippen LogP contribution >= 0.6 is 0 Å². The number of ether oxygens (including phenoxy) is 1. The number of nitrogens with one attached hydrogen (secondary N) is 3. The molecule has 11 heteroatoms. The van der Waals surface area contributed by atoms with Crippen molar-refractivity contribution in [3.8, 4) is 16.9 Å². The Balaban J connectivity index is 1.61. The zero-order chi connectivity index (χ0) is 25.2. The summed E-state index contributed by atoms with van der Waals surface area (Å²) in [7, 11) is 0. The van der Waals surface area contributed by atoms with Crippen LogP contribution < -0.4 is 15.4 Å². The van der Waals surface area contributed by atoms with E-state index in [0.29, 0.717) is 10.9 Å². The van der Waals surface area contributed by atoms with Crippen molar-refractivity contribution in [3.63, 3.8) is 0 Å². The Hall–Kier alpha value is -4.67. The molecule has 0 fully saturated rings. The van der Waals surface area contributed by atoms with Gasteiger partial charge >= 0.3 is 6.36 Å². The highest BCUT2D eigenvalue weighted by molar-refractivity contribution is 6.13. The van der Waals surface area contributed by atoms with E-state index in [1.165, 1.54) is 24.3 Å². The maximum atomic E-state index is 14.4. The van der Waals surface area contributed by atoms with Crippen molar-refractivity contribution in [1.82, 2.24) is 10.2 Å². The summed E-state index contributed by atoms with van der Waals surface area (Å²) < 4.78 is 55.8. The largest absolute Gasteiger partial charge is 0.573 e. The third kappa shape index (κ3) is 5.29. The number of para-hydroxylation sites is 1. The number of fused-ring (bicyclic) bond motifs is 1. The number of benzene rings is 3. The van der Waals surface area contributed by atoms with Crippen LogP contribution in [0.5, 0.6) is 5.75 Å². The molecule has 0 radical (unpaired) electrons. The van der Waals surface area contributed by atoms with Crippen LogP contribution in [0.15, 0.2) is 73.3 Å². The zero-order valence-corrected chi connectivity index (χ0v) is 17.7. The molecule has 7 nitrogen and oxygen atoms in total. The average molecular weight is 484 g/mol. The summed E-state index contributed by atoms with van der Waals surface area (Å²) in [5.74, 6) is -2.18. The number of carbonyl (C=O) groups excluding carboxylic acids is 2. The lowest BCUT2D eigenvalue weighted by molar-refractivity contribution is -0.274. The summed E-state index contributed by atoms with van der Waals surface area (Å²) in [6, 6.07) is 13.5. The van der Waals surface area contributed by atoms with Crippen molar-refractivity contribution in [2.45, 2.75) is 6.36 Å². The van der Waals surface area contributed by atoms with Gasteiger partial charge < -0.3 is 15.4 Å². The fourth-order valence-corrected chi connectivity index (χ4v) is 3.35. The molecule has 2 amide bonds. The van der Waals surface area contributed by atoms with E-state index in [2.05, 4.69) is 32.1 Å². The fraction of sp³-hybridized carbons (Fsp3) is 0.0417. The highest BCUT2D eigenvalue weighted by atomic mass is 19.4. The monoisotopic (exact) mass is 484 g/mol. The second-order valence-corrected chi connectivity index (χ2v) is 7.22. The lowest BCUT2D eigenvalue weighted by atomic mass is 10.0. The molecule has 178 valence electrons. The Morgan fingerprint density at radius 1 is 1.03 bits per heavy atom. The van der Waals surface area contributed by atoms with E-state index < -0.39 is 29.7 Å². The normalized spacial score (nSPS) is 11.2. The first-order valence-electron chi connectivity index (χ1n) is 10.0. The molecular weight excluding hydrogens is 468 g/mol. The second-order valence-electron chi connectivity index (χ2n) is 7.22. The summed E-state index contributed by atoms with van der Waals surface area (Å²) in [6.45, 7) is 3.37. The Labute approximate surface area is 195 Å². The standard InChI is InChI=1S/C24H16F4N4O3/c1-2-21(33)29-19-6-4-3-5-16(19)23(34)30-22-15-9-7-13(11-20(15)31-32-22)17-12-14(8-10-18(17)25)35-24(26,27)28/h2-12H,1H2,(H,29,33)(H2,30,31,32,34). The number of aromatic amines is 1. The molecule has 0 aliphatic heterocycles. The SMILES string of the molecule is C=CC(=O)Nc1ccccc1C(=O)Nc1n[nH]c2cc(-c3cc(OC(F)(F)F)ccc3F)ccc12. The number of amides is 2. The smallest absolute Gasteiger partial charge is 0.406 e. The predicted molar refractivity (Wildman–Crippen MR) is 121 cm³/mol. The predicted octanol–water partition coefficient (Wildman–Crippen LogP) is 5.64. The number of aromatic nitrogens is 2. The zero-order valence-electron chi connectivity index (χ0n) is 17.7. The van der Waals surface area contributed by atoms with Crippen LogP contribution in [0.1, 0.15) is 10.4 Å². The minimum absolute atomic E-state index is 0.110. The van der Waals surface area contributed by atoms with E-state index in [1.54, 1.807) is 18.2 Å². The van der Waals surface area contributed by atoms with Gasteiger partial charge in [-0.05, 0) is 54.1 Å². The van der Waals surface area contributed by atoms with Gasteiger partial charge in [0.25, 0.3) is 5.91 Å². The molecule has 3 aromatic carbocycles. The summed E-state index contributed by atoms with van der Waals surface area (Å²) in [6.07, 6.45) is -3.84. The van der Waals surface area contributed by atoms with Crippen molar-refractivity contribution in [2.24, 2.45) is 0 Å². The van der Waals surface area contributed by atoms with Crippen molar-refractivity contribution in [1.29, 1.82) is 0 Å². The molecule has 3 N–H and O–H groups in total. The molecule has 1 aromatic heterocycles. The number of alkyl halides is 3. The number of hydrogen-bond donors (Lipinski definition) is 3. The van der Waals surface area contributed by atoms with Gasteiger partial charge in [-0.2, -0.15) is 5.10 Å². The summed E-state index contributed by atoms with van der Waals surface area (Å²) >= 11 is 0. The second kappa shape index (κ2) is 9.29. The van der Waals surface area contributed by atoms with Crippen LogP contribution in [0.4, 0.5) is 29.1 Å². The Bertz CT molecular complexity index is 1450. The minimum atomic E-state index is -4.91. The van der Waals surface area contributed by atoms with Crippen molar-refractivity contribution < 1.29 is 31.9 Å². The number of nitrogens with zero attached hydrogens (tertiary/aromatic N) is 1. The van der Waals surface area contributed by atoms with Crippen LogP contribution in [0.3, 0.4) is 0 Å². The fourth-order valence-electron chi connectivity index (χ4n) is 3.35. The Morgan fingerprint density at radius 3 is 2.54 bits per heavy atom. The first-order valence-corrected chi connectivity index (χ1v) is 10.0. The molecule has 0 spiro atoms. The number of carbonyl (C=O) groups is 2. The lowest BCUT2D eigenvalue weighted by Gasteiger charge is -2.11. The van der Waals surface area contributed by atoms with Crippen LogP contribution in [0.25, 0.3) is 22.0 Å². The van der Waals surface area contributed by atoms with Gasteiger partial charge in [-0.25, -0.2) is 4.39 Å². The van der Waals surface area contributed by atoms with Gasteiger partial charge in [0.2, 0.25) is 5.91 Å². The minimum Gasteiger partial charge on any atom is -0.406 e. The first-order chi connectivity index (χ1) is 16.6. The van der Waals surface area contributed by atoms with Gasteiger partial charge in [0.15, 0.2) is 5.82 Å². The summed E-state index contributed by atoms with van der Waals surface area (Å²) in [5, 5.41) is 12.4. The number of H-pyrrole nitrogens is 1. The maximum Gasteiger partial charge on any atom is 0.573 e. The number of anilines is 2. The number of hydrogen-bond acceptors (Lipinski definition) is 4. The van der Waals surface area contributed by atoms with E-state index in [4.69, 9.17) is 0 Å². The third-order valence-electron chi connectivity index (χ3n) is 4.89. The van der Waals surface area contributed by atoms with Gasteiger partial charge in [0.1, 0.15) is 11.6 Å². The van der Waals surface area contributed by atoms with Crippen LogP contribution in [0, 0.1) is 5.82 Å². The van der Waals surface area contributed by atoms with Gasteiger partial charge in [0.05, 0.1) is 16.8 Å². The molecule has 0 saturated heterocycles. The Morgan fingerprint density at radius 2 is 1.80 bits per heavy atom. The third-order valence-corrected chi connectivity index (χ3v) is 4.89. The Kier molecular flexibility index (Phi) is 6.24. The average Bonchev–Trinajstić information content (AvgIpc) is 3.21. The number of rotatable bonds is 6. The van der Waals surface area contributed by atoms with Crippen LogP contribution in [0.2, 0.25) is 0 Å². The lowest BCUT2D eigenvalue weighted by Crippen LogP contribution is -2.17. The van der Waals surface area contributed by atoms with Crippen molar-refractivity contribution in [2.75, 3.05) is 10.6 Å². The highest BCUT2D eigenvalue weighted by Gasteiger charge is 2.31. The van der Waals surface area contributed by atoms with Crippen LogP contribution in [-0.4, -0.2) is 28.4 Å². The topological polar surface area (TPSA) is 96.1 Å². The van der Waals surface area contributed by atoms with E-state index in [1.807, 2.05) is 0 Å². The van der Waals surface area contributed by atoms with Crippen molar-refractivity contribution in [3.05, 3.63) is 84.7 Å². The molecule has 35 heavy (non-hydrogen) atoms. The molecule has 0 saturated carbocycles. The van der Waals surface area contributed by atoms with Gasteiger partial charge in [-0.1, -0.05) is 24.8 Å². The van der Waals surface area contributed by atoms with E-state index >= 15 is 0 Å². The molecule has 4 rings (SSSR count). The van der Waals surface area contributed by atoms with E-state index in [0.717, 1.165) is 24.3 Å². The molecular formula is C24H16F4N4O3. The molecule has 0 unspecified atom stereocenters. The summed E-state index contributed by atoms with van der Waals surface area (Å²) in [5.41, 5.74) is 1.00. The quantitative estimate of drug-likeness (QED) is 0.244. The summed E-state index contributed by atoms with van der Waals surface area (Å²) in [4.78, 5) is 24.5. The molecule has 1 heterocycles. The first kappa shape index (κ1) is 23.5. The molecule has 0 aliphatic rings. The molecule has 0 atom stereocenters. The van der Waals surface area contributed by atoms with Crippen LogP contribution in [-0.2, 0) is 4.79 Å². The van der Waals surface area contributed by atoms with Gasteiger partial charge in [0, 0.05) is 10.9 Å². The highest BCUT2D eigenvalue weighted by Crippen LogP contribution is 2.33. The van der Waals surface area contributed by atoms with Crippen molar-refractivity contribution >= 4 is 34.2 Å². The maximum absolute atomic E-state index is 14.4. The molecule has 0 aliphatic carbocycles.